The molecule has 0 saturated heterocycles. The average Bonchev–Trinajstić information content (AvgIpc) is 2.34. The molecule has 20 heavy (non-hydrogen) atoms. The Morgan fingerprint density at radius 1 is 1.40 bits per heavy atom. The van der Waals surface area contributed by atoms with Crippen molar-refractivity contribution in [2.75, 3.05) is 20.3 Å². The summed E-state index contributed by atoms with van der Waals surface area (Å²) in [5.41, 5.74) is -0.0485. The number of aromatic carboxylic acids is 1. The molecule has 1 amide bonds. The number of carbonyl (C=O) groups excluding carboxylic acids is 1. The topological polar surface area (TPSA) is 97.6 Å². The predicted octanol–water partition coefficient (Wildman–Crippen LogP) is -0.0741. The first-order valence-electron chi connectivity index (χ1n) is 6.08. The van der Waals surface area contributed by atoms with E-state index < -0.39 is 11.5 Å². The normalized spacial score (nSPS) is 10.3. The summed E-state index contributed by atoms with van der Waals surface area (Å²) in [7, 11) is 1.51. The standard InChI is InChI=1S/C13H18N2O5/c1-8-6-9(2)15(12(17)11(8)13(18)19)7-10(16)14-4-5-20-3/h6H,4-5,7H2,1-3H3,(H,14,16)(H,18,19). The van der Waals surface area contributed by atoms with Crippen LogP contribution < -0.4 is 10.9 Å². The van der Waals surface area contributed by atoms with Gasteiger partial charge in [-0.25, -0.2) is 4.79 Å². The fourth-order valence-electron chi connectivity index (χ4n) is 1.88. The van der Waals surface area contributed by atoms with Gasteiger partial charge in [0.2, 0.25) is 5.91 Å². The molecule has 0 aliphatic carbocycles. The highest BCUT2D eigenvalue weighted by atomic mass is 16.5. The van der Waals surface area contributed by atoms with Crippen LogP contribution in [0.25, 0.3) is 0 Å². The number of aryl methyl sites for hydroxylation is 2. The third-order valence-corrected chi connectivity index (χ3v) is 2.85. The molecule has 1 rings (SSSR count). The summed E-state index contributed by atoms with van der Waals surface area (Å²) in [6.07, 6.45) is 0. The van der Waals surface area contributed by atoms with Crippen molar-refractivity contribution in [1.82, 2.24) is 9.88 Å². The van der Waals surface area contributed by atoms with Gasteiger partial charge in [-0.1, -0.05) is 0 Å². The molecule has 0 aliphatic heterocycles. The van der Waals surface area contributed by atoms with E-state index in [0.717, 1.165) is 4.57 Å². The van der Waals surface area contributed by atoms with Crippen molar-refractivity contribution in [3.8, 4) is 0 Å². The van der Waals surface area contributed by atoms with Gasteiger partial charge in [0, 0.05) is 19.3 Å². The molecule has 0 atom stereocenters. The zero-order valence-electron chi connectivity index (χ0n) is 11.7. The molecule has 0 fully saturated rings. The maximum absolute atomic E-state index is 12.1. The number of ether oxygens (including phenoxy) is 1. The minimum Gasteiger partial charge on any atom is -0.477 e. The molecular weight excluding hydrogens is 264 g/mol. The monoisotopic (exact) mass is 282 g/mol. The van der Waals surface area contributed by atoms with Gasteiger partial charge in [0.05, 0.1) is 6.61 Å². The number of methoxy groups -OCH3 is 1. The Morgan fingerprint density at radius 2 is 2.05 bits per heavy atom. The van der Waals surface area contributed by atoms with Gasteiger partial charge < -0.3 is 19.7 Å². The van der Waals surface area contributed by atoms with Gasteiger partial charge in [-0.2, -0.15) is 0 Å². The van der Waals surface area contributed by atoms with E-state index in [1.54, 1.807) is 19.9 Å². The summed E-state index contributed by atoms with van der Waals surface area (Å²) >= 11 is 0. The van der Waals surface area contributed by atoms with Crippen molar-refractivity contribution in [3.05, 3.63) is 33.2 Å². The van der Waals surface area contributed by atoms with Crippen molar-refractivity contribution in [1.29, 1.82) is 0 Å². The van der Waals surface area contributed by atoms with Gasteiger partial charge in [0.1, 0.15) is 12.1 Å². The van der Waals surface area contributed by atoms with Gasteiger partial charge >= 0.3 is 5.97 Å². The summed E-state index contributed by atoms with van der Waals surface area (Å²) in [5.74, 6) is -1.66. The van der Waals surface area contributed by atoms with E-state index in [4.69, 9.17) is 9.84 Å². The number of hydrogen-bond acceptors (Lipinski definition) is 4. The molecular formula is C13H18N2O5. The molecule has 1 heterocycles. The summed E-state index contributed by atoms with van der Waals surface area (Å²) in [6.45, 7) is 3.70. The molecule has 0 aliphatic rings. The highest BCUT2D eigenvalue weighted by Gasteiger charge is 2.17. The maximum Gasteiger partial charge on any atom is 0.341 e. The number of carbonyl (C=O) groups is 2. The van der Waals surface area contributed by atoms with Crippen LogP contribution in [0.3, 0.4) is 0 Å². The second-order valence-electron chi connectivity index (χ2n) is 4.38. The zero-order valence-corrected chi connectivity index (χ0v) is 11.7. The molecule has 0 radical (unpaired) electrons. The van der Waals surface area contributed by atoms with Crippen LogP contribution in [0.1, 0.15) is 21.6 Å². The van der Waals surface area contributed by atoms with Crippen LogP contribution in [0.5, 0.6) is 0 Å². The molecule has 1 aromatic rings. The third kappa shape index (κ3) is 3.67. The molecule has 0 aromatic carbocycles. The highest BCUT2D eigenvalue weighted by molar-refractivity contribution is 5.89. The van der Waals surface area contributed by atoms with Gasteiger partial charge in [-0.15, -0.1) is 0 Å². The lowest BCUT2D eigenvalue weighted by atomic mass is 10.1. The molecule has 0 bridgehead atoms. The molecule has 2 N–H and O–H groups in total. The van der Waals surface area contributed by atoms with Gasteiger partial charge in [0.15, 0.2) is 0 Å². The van der Waals surface area contributed by atoms with Crippen molar-refractivity contribution >= 4 is 11.9 Å². The van der Waals surface area contributed by atoms with E-state index in [-0.39, 0.29) is 18.0 Å². The molecule has 1 aromatic heterocycles. The number of nitrogens with zero attached hydrogens (tertiary/aromatic N) is 1. The average molecular weight is 282 g/mol. The molecule has 0 spiro atoms. The Hall–Kier alpha value is -2.15. The zero-order chi connectivity index (χ0) is 15.3. The Kier molecular flexibility index (Phi) is 5.45. The molecule has 0 unspecified atom stereocenters. The summed E-state index contributed by atoms with van der Waals surface area (Å²) in [4.78, 5) is 34.9. The molecule has 7 heteroatoms. The van der Waals surface area contributed by atoms with E-state index in [9.17, 15) is 14.4 Å². The second kappa shape index (κ2) is 6.85. The van der Waals surface area contributed by atoms with E-state index in [1.807, 2.05) is 0 Å². The summed E-state index contributed by atoms with van der Waals surface area (Å²) < 4.78 is 5.95. The minimum absolute atomic E-state index is 0.213. The number of nitrogens with one attached hydrogen (secondary N) is 1. The maximum atomic E-state index is 12.1. The third-order valence-electron chi connectivity index (χ3n) is 2.85. The van der Waals surface area contributed by atoms with E-state index in [1.165, 1.54) is 7.11 Å². The Morgan fingerprint density at radius 3 is 2.60 bits per heavy atom. The number of carboxylic acid groups (broad SMARTS) is 1. The predicted molar refractivity (Wildman–Crippen MR) is 72.0 cm³/mol. The lowest BCUT2D eigenvalue weighted by molar-refractivity contribution is -0.121. The number of pyridine rings is 1. The van der Waals surface area contributed by atoms with Crippen LogP contribution in [0.15, 0.2) is 10.9 Å². The van der Waals surface area contributed by atoms with Crippen molar-refractivity contribution in [2.45, 2.75) is 20.4 Å². The molecule has 7 nitrogen and oxygen atoms in total. The lowest BCUT2D eigenvalue weighted by Crippen LogP contribution is -2.37. The van der Waals surface area contributed by atoms with E-state index in [0.29, 0.717) is 24.4 Å². The largest absolute Gasteiger partial charge is 0.477 e. The number of carboxylic acids is 1. The molecule has 0 saturated carbocycles. The number of hydrogen-bond donors (Lipinski definition) is 2. The van der Waals surface area contributed by atoms with Gasteiger partial charge in [0.25, 0.3) is 5.56 Å². The van der Waals surface area contributed by atoms with Crippen molar-refractivity contribution in [3.63, 3.8) is 0 Å². The fourth-order valence-corrected chi connectivity index (χ4v) is 1.88. The van der Waals surface area contributed by atoms with Crippen LogP contribution >= 0.6 is 0 Å². The van der Waals surface area contributed by atoms with Crippen LogP contribution in [0.4, 0.5) is 0 Å². The SMILES string of the molecule is COCCNC(=O)Cn1c(C)cc(C)c(C(=O)O)c1=O. The van der Waals surface area contributed by atoms with Crippen LogP contribution in [0, 0.1) is 13.8 Å². The number of rotatable bonds is 6. The molecule has 110 valence electrons. The Balaban J connectivity index is 3.01. The van der Waals surface area contributed by atoms with Gasteiger partial charge in [-0.3, -0.25) is 9.59 Å². The first kappa shape index (κ1) is 15.9. The van der Waals surface area contributed by atoms with Gasteiger partial charge in [-0.05, 0) is 25.5 Å². The minimum atomic E-state index is -1.29. The number of amides is 1. The number of aromatic nitrogens is 1. The first-order chi connectivity index (χ1) is 9.38. The summed E-state index contributed by atoms with van der Waals surface area (Å²) in [5, 5.41) is 11.6. The van der Waals surface area contributed by atoms with Crippen molar-refractivity contribution < 1.29 is 19.4 Å². The Bertz CT molecular complexity index is 577. The smallest absolute Gasteiger partial charge is 0.341 e. The fraction of sp³-hybridized carbons (Fsp3) is 0.462. The lowest BCUT2D eigenvalue weighted by Gasteiger charge is -2.12. The Labute approximate surface area is 116 Å². The van der Waals surface area contributed by atoms with Crippen LogP contribution in [-0.4, -0.2) is 41.8 Å². The quantitative estimate of drug-likeness (QED) is 0.712. The first-order valence-corrected chi connectivity index (χ1v) is 6.08. The highest BCUT2D eigenvalue weighted by Crippen LogP contribution is 2.06. The summed E-state index contributed by atoms with van der Waals surface area (Å²) in [6, 6.07) is 1.58. The second-order valence-corrected chi connectivity index (χ2v) is 4.38. The van der Waals surface area contributed by atoms with Crippen LogP contribution in [-0.2, 0) is 16.1 Å². The van der Waals surface area contributed by atoms with E-state index in [2.05, 4.69) is 5.32 Å². The van der Waals surface area contributed by atoms with Crippen molar-refractivity contribution in [2.24, 2.45) is 0 Å². The van der Waals surface area contributed by atoms with Crippen LogP contribution in [0.2, 0.25) is 0 Å². The van der Waals surface area contributed by atoms with E-state index >= 15 is 0 Å².